The third-order valence-electron chi connectivity index (χ3n) is 1.72. The minimum atomic E-state index is -0.705. The average Bonchev–Trinajstić information content (AvgIpc) is 1.87. The minimum Gasteiger partial charge on any atom is -0.394 e. The van der Waals surface area contributed by atoms with E-state index in [0.29, 0.717) is 12.3 Å². The van der Waals surface area contributed by atoms with E-state index in [4.69, 9.17) is 10.8 Å². The van der Waals surface area contributed by atoms with Gasteiger partial charge in [0.1, 0.15) is 0 Å². The molecule has 0 rings (SSSR count). The number of alkyl halides is 1. The van der Waals surface area contributed by atoms with Crippen molar-refractivity contribution in [2.75, 3.05) is 13.3 Å². The Labute approximate surface area is 67.6 Å². The van der Waals surface area contributed by atoms with Crippen LogP contribution >= 0.6 is 0 Å². The summed E-state index contributed by atoms with van der Waals surface area (Å²) >= 11 is 0. The molecule has 0 aliphatic heterocycles. The zero-order valence-electron chi connectivity index (χ0n) is 7.31. The molecule has 0 spiro atoms. The normalized spacial score (nSPS) is 16.9. The molecule has 3 N–H and O–H groups in total. The molecule has 68 valence electrons. The summed E-state index contributed by atoms with van der Waals surface area (Å²) in [6, 6.07) is 0. The maximum atomic E-state index is 11.9. The summed E-state index contributed by atoms with van der Waals surface area (Å²) in [5.74, 6) is 0.402. The molecular formula is C8H18FNO. The Hall–Kier alpha value is -0.150. The number of aliphatic hydroxyl groups excluding tert-OH is 1. The molecule has 0 aromatic heterocycles. The largest absolute Gasteiger partial charge is 0.394 e. The maximum Gasteiger partial charge on any atom is 0.0912 e. The summed E-state index contributed by atoms with van der Waals surface area (Å²) in [5, 5.41) is 8.87. The third-order valence-corrected chi connectivity index (χ3v) is 1.72. The Balaban J connectivity index is 3.87. The number of nitrogens with two attached hydrogens (primary N) is 1. The van der Waals surface area contributed by atoms with Gasteiger partial charge in [-0.3, -0.25) is 4.39 Å². The van der Waals surface area contributed by atoms with E-state index >= 15 is 0 Å². The van der Waals surface area contributed by atoms with Gasteiger partial charge in [-0.05, 0) is 18.8 Å². The number of hydrogen-bond donors (Lipinski definition) is 2. The fraction of sp³-hybridized carbons (Fsp3) is 1.00. The number of hydrogen-bond acceptors (Lipinski definition) is 2. The van der Waals surface area contributed by atoms with Crippen LogP contribution in [0.3, 0.4) is 0 Å². The van der Waals surface area contributed by atoms with Gasteiger partial charge in [-0.25, -0.2) is 0 Å². The van der Waals surface area contributed by atoms with Crippen LogP contribution in [0.5, 0.6) is 0 Å². The highest BCUT2D eigenvalue weighted by Crippen LogP contribution is 2.17. The van der Waals surface area contributed by atoms with Gasteiger partial charge in [0.05, 0.1) is 13.3 Å². The van der Waals surface area contributed by atoms with Gasteiger partial charge in [0.25, 0.3) is 0 Å². The van der Waals surface area contributed by atoms with Gasteiger partial charge in [0.15, 0.2) is 0 Å². The van der Waals surface area contributed by atoms with Crippen molar-refractivity contribution in [2.24, 2.45) is 11.7 Å². The zero-order chi connectivity index (χ0) is 8.91. The molecule has 0 saturated carbocycles. The Morgan fingerprint density at radius 1 is 1.55 bits per heavy atom. The van der Waals surface area contributed by atoms with Crippen molar-refractivity contribution in [2.45, 2.75) is 32.2 Å². The molecule has 1 unspecified atom stereocenters. The van der Waals surface area contributed by atoms with E-state index < -0.39 is 12.2 Å². The molecule has 2 nitrogen and oxygen atoms in total. The van der Waals surface area contributed by atoms with Gasteiger partial charge in [0.2, 0.25) is 0 Å². The summed E-state index contributed by atoms with van der Waals surface area (Å²) in [5.41, 5.74) is 5.01. The predicted molar refractivity (Wildman–Crippen MR) is 44.1 cm³/mol. The highest BCUT2D eigenvalue weighted by molar-refractivity contribution is 4.83. The zero-order valence-corrected chi connectivity index (χ0v) is 7.31. The van der Waals surface area contributed by atoms with Gasteiger partial charge in [-0.15, -0.1) is 0 Å². The first-order chi connectivity index (χ1) is 5.04. The molecule has 11 heavy (non-hydrogen) atoms. The van der Waals surface area contributed by atoms with E-state index in [0.717, 1.165) is 0 Å². The SMILES string of the molecule is CC(C)CC(N)(CO)CCF. The molecule has 0 radical (unpaired) electrons. The summed E-state index contributed by atoms with van der Waals surface area (Å²) in [4.78, 5) is 0. The first-order valence-corrected chi connectivity index (χ1v) is 4.00. The topological polar surface area (TPSA) is 46.2 Å². The van der Waals surface area contributed by atoms with Crippen molar-refractivity contribution in [3.63, 3.8) is 0 Å². The van der Waals surface area contributed by atoms with Crippen molar-refractivity contribution in [3.05, 3.63) is 0 Å². The van der Waals surface area contributed by atoms with Crippen molar-refractivity contribution >= 4 is 0 Å². The first-order valence-electron chi connectivity index (χ1n) is 4.00. The van der Waals surface area contributed by atoms with Gasteiger partial charge in [-0.2, -0.15) is 0 Å². The van der Waals surface area contributed by atoms with Gasteiger partial charge < -0.3 is 10.8 Å². The lowest BCUT2D eigenvalue weighted by molar-refractivity contribution is 0.156. The molecule has 1 atom stereocenters. The van der Waals surface area contributed by atoms with E-state index in [1.165, 1.54) is 0 Å². The molecule has 0 aromatic carbocycles. The predicted octanol–water partition coefficient (Wildman–Crippen LogP) is 1.08. The van der Waals surface area contributed by atoms with Crippen LogP contribution in [0.2, 0.25) is 0 Å². The lowest BCUT2D eigenvalue weighted by atomic mass is 9.88. The van der Waals surface area contributed by atoms with Crippen LogP contribution < -0.4 is 5.73 Å². The summed E-state index contributed by atoms with van der Waals surface area (Å²) in [6.45, 7) is 3.43. The molecule has 0 amide bonds. The Morgan fingerprint density at radius 2 is 2.09 bits per heavy atom. The minimum absolute atomic E-state index is 0.130. The highest BCUT2D eigenvalue weighted by atomic mass is 19.1. The standard InChI is InChI=1S/C8H18FNO/c1-7(2)5-8(10,6-11)3-4-9/h7,11H,3-6,10H2,1-2H3. The molecule has 0 aromatic rings. The molecule has 0 heterocycles. The molecule has 3 heteroatoms. The van der Waals surface area contributed by atoms with Gasteiger partial charge >= 0.3 is 0 Å². The van der Waals surface area contributed by atoms with Gasteiger partial charge in [-0.1, -0.05) is 13.8 Å². The smallest absolute Gasteiger partial charge is 0.0912 e. The van der Waals surface area contributed by atoms with Crippen LogP contribution in [0.15, 0.2) is 0 Å². The van der Waals surface area contributed by atoms with Crippen LogP contribution in [0, 0.1) is 5.92 Å². The van der Waals surface area contributed by atoms with Crippen molar-refractivity contribution in [1.82, 2.24) is 0 Å². The molecule has 0 aliphatic rings. The van der Waals surface area contributed by atoms with Gasteiger partial charge in [0, 0.05) is 5.54 Å². The van der Waals surface area contributed by atoms with E-state index in [1.807, 2.05) is 13.8 Å². The Morgan fingerprint density at radius 3 is 2.36 bits per heavy atom. The monoisotopic (exact) mass is 163 g/mol. The van der Waals surface area contributed by atoms with Crippen molar-refractivity contribution in [3.8, 4) is 0 Å². The second kappa shape index (κ2) is 4.67. The maximum absolute atomic E-state index is 11.9. The molecule has 0 bridgehead atoms. The summed E-state index contributed by atoms with van der Waals surface area (Å²) in [6.07, 6.45) is 0.926. The highest BCUT2D eigenvalue weighted by Gasteiger charge is 2.24. The fourth-order valence-corrected chi connectivity index (χ4v) is 1.25. The second-order valence-corrected chi connectivity index (χ2v) is 3.56. The Bertz CT molecular complexity index is 108. The summed E-state index contributed by atoms with van der Waals surface area (Å²) < 4.78 is 11.9. The quantitative estimate of drug-likeness (QED) is 0.637. The fourth-order valence-electron chi connectivity index (χ4n) is 1.25. The lowest BCUT2D eigenvalue weighted by Gasteiger charge is -2.27. The number of halogens is 1. The Kier molecular flexibility index (Phi) is 4.61. The molecule has 0 aliphatic carbocycles. The lowest BCUT2D eigenvalue weighted by Crippen LogP contribution is -2.45. The second-order valence-electron chi connectivity index (χ2n) is 3.56. The number of aliphatic hydroxyl groups is 1. The van der Waals surface area contributed by atoms with E-state index in [9.17, 15) is 4.39 Å². The van der Waals surface area contributed by atoms with Crippen LogP contribution in [-0.2, 0) is 0 Å². The molecule has 0 fully saturated rings. The van der Waals surface area contributed by atoms with Crippen LogP contribution in [0.1, 0.15) is 26.7 Å². The van der Waals surface area contributed by atoms with E-state index in [2.05, 4.69) is 0 Å². The number of rotatable bonds is 5. The van der Waals surface area contributed by atoms with Crippen LogP contribution in [0.25, 0.3) is 0 Å². The van der Waals surface area contributed by atoms with Crippen LogP contribution in [-0.4, -0.2) is 23.9 Å². The van der Waals surface area contributed by atoms with E-state index in [1.54, 1.807) is 0 Å². The van der Waals surface area contributed by atoms with Crippen molar-refractivity contribution in [1.29, 1.82) is 0 Å². The first kappa shape index (κ1) is 10.8. The molecular weight excluding hydrogens is 145 g/mol. The van der Waals surface area contributed by atoms with E-state index in [-0.39, 0.29) is 13.0 Å². The van der Waals surface area contributed by atoms with Crippen LogP contribution in [0.4, 0.5) is 4.39 Å². The third kappa shape index (κ3) is 4.32. The average molecular weight is 163 g/mol. The van der Waals surface area contributed by atoms with Crippen molar-refractivity contribution < 1.29 is 9.50 Å². The molecule has 0 saturated heterocycles. The summed E-state index contributed by atoms with van der Waals surface area (Å²) in [7, 11) is 0.